The van der Waals surface area contributed by atoms with E-state index in [-0.39, 0.29) is 6.04 Å². The normalized spacial score (nSPS) is 12.9. The first-order valence-corrected chi connectivity index (χ1v) is 6.56. The van der Waals surface area contributed by atoms with Gasteiger partial charge in [-0.3, -0.25) is 16.0 Å². The summed E-state index contributed by atoms with van der Waals surface area (Å²) in [6, 6.07) is 4.15. The third-order valence-electron chi connectivity index (χ3n) is 2.75. The molecular weight excluding hydrogens is 256 g/mol. The lowest BCUT2D eigenvalue weighted by Gasteiger charge is -2.14. The lowest BCUT2D eigenvalue weighted by molar-refractivity contribution is 0.537. The molecule has 92 valence electrons. The summed E-state index contributed by atoms with van der Waals surface area (Å²) in [6.45, 7) is 1.90. The number of hydrazine groups is 1. The predicted molar refractivity (Wildman–Crippen MR) is 71.0 cm³/mol. The van der Waals surface area contributed by atoms with Gasteiger partial charge >= 0.3 is 0 Å². The number of nitrogens with one attached hydrogen (secondary N) is 1. The highest BCUT2D eigenvalue weighted by molar-refractivity contribution is 7.10. The molecule has 0 saturated carbocycles. The molecule has 0 fully saturated rings. The first-order chi connectivity index (χ1) is 8.13. The van der Waals surface area contributed by atoms with Gasteiger partial charge in [0.05, 0.1) is 22.5 Å². The number of thiophene rings is 1. The van der Waals surface area contributed by atoms with Gasteiger partial charge in [-0.2, -0.15) is 5.10 Å². The van der Waals surface area contributed by atoms with Crippen molar-refractivity contribution in [3.8, 4) is 0 Å². The van der Waals surface area contributed by atoms with Gasteiger partial charge in [0, 0.05) is 18.3 Å². The van der Waals surface area contributed by atoms with Crippen molar-refractivity contribution in [3.63, 3.8) is 0 Å². The molecule has 2 rings (SSSR count). The Balaban J connectivity index is 2.24. The van der Waals surface area contributed by atoms with Crippen LogP contribution < -0.4 is 11.3 Å². The summed E-state index contributed by atoms with van der Waals surface area (Å²) in [5, 5.41) is 7.06. The molecular formula is C11H15ClN4S. The number of aromatic nitrogens is 2. The minimum Gasteiger partial charge on any atom is -0.271 e. The van der Waals surface area contributed by atoms with E-state index in [0.29, 0.717) is 0 Å². The van der Waals surface area contributed by atoms with E-state index in [4.69, 9.17) is 17.4 Å². The number of aryl methyl sites for hydroxylation is 2. The zero-order valence-corrected chi connectivity index (χ0v) is 11.3. The molecule has 3 N–H and O–H groups in total. The van der Waals surface area contributed by atoms with Crippen LogP contribution in [0.15, 0.2) is 17.5 Å². The SMILES string of the molecule is Cc1nn(C)c(CC(NN)c2cccs2)c1Cl. The molecule has 4 nitrogen and oxygen atoms in total. The molecule has 2 aromatic heterocycles. The van der Waals surface area contributed by atoms with Crippen molar-refractivity contribution >= 4 is 22.9 Å². The first-order valence-electron chi connectivity index (χ1n) is 5.31. The second kappa shape index (κ2) is 5.18. The highest BCUT2D eigenvalue weighted by atomic mass is 35.5. The van der Waals surface area contributed by atoms with Crippen LogP contribution in [0.5, 0.6) is 0 Å². The number of rotatable bonds is 4. The Morgan fingerprint density at radius 2 is 2.41 bits per heavy atom. The molecule has 0 saturated heterocycles. The minimum atomic E-state index is 0.0716. The van der Waals surface area contributed by atoms with Crippen molar-refractivity contribution < 1.29 is 0 Å². The van der Waals surface area contributed by atoms with Gasteiger partial charge in [-0.1, -0.05) is 17.7 Å². The lowest BCUT2D eigenvalue weighted by Crippen LogP contribution is -2.29. The third-order valence-corrected chi connectivity index (χ3v) is 4.22. The molecule has 0 amide bonds. The van der Waals surface area contributed by atoms with Crippen molar-refractivity contribution in [2.45, 2.75) is 19.4 Å². The van der Waals surface area contributed by atoms with Crippen LogP contribution in [0.25, 0.3) is 0 Å². The van der Waals surface area contributed by atoms with Gasteiger partial charge in [0.1, 0.15) is 0 Å². The molecule has 2 heterocycles. The Kier molecular flexibility index (Phi) is 3.83. The molecule has 6 heteroatoms. The first kappa shape index (κ1) is 12.6. The van der Waals surface area contributed by atoms with E-state index in [0.717, 1.165) is 22.8 Å². The summed E-state index contributed by atoms with van der Waals surface area (Å²) in [7, 11) is 1.90. The predicted octanol–water partition coefficient (Wildman–Crippen LogP) is 2.19. The largest absolute Gasteiger partial charge is 0.271 e. The Morgan fingerprint density at radius 3 is 2.88 bits per heavy atom. The summed E-state index contributed by atoms with van der Waals surface area (Å²) in [5.74, 6) is 5.60. The van der Waals surface area contributed by atoms with Gasteiger partial charge in [0.2, 0.25) is 0 Å². The maximum absolute atomic E-state index is 6.23. The van der Waals surface area contributed by atoms with Crippen molar-refractivity contribution in [2.75, 3.05) is 0 Å². The van der Waals surface area contributed by atoms with Gasteiger partial charge in [-0.15, -0.1) is 11.3 Å². The van der Waals surface area contributed by atoms with E-state index in [2.05, 4.69) is 16.6 Å². The smallest absolute Gasteiger partial charge is 0.0847 e. The fraction of sp³-hybridized carbons (Fsp3) is 0.364. The summed E-state index contributed by atoms with van der Waals surface area (Å²) >= 11 is 7.91. The number of nitrogens with zero attached hydrogens (tertiary/aromatic N) is 2. The molecule has 0 radical (unpaired) electrons. The zero-order valence-electron chi connectivity index (χ0n) is 9.77. The molecule has 0 aliphatic heterocycles. The van der Waals surface area contributed by atoms with E-state index < -0.39 is 0 Å². The molecule has 0 aromatic carbocycles. The zero-order chi connectivity index (χ0) is 12.4. The molecule has 0 aliphatic rings. The van der Waals surface area contributed by atoms with Crippen LogP contribution in [0.1, 0.15) is 22.3 Å². The number of nitrogens with two attached hydrogens (primary N) is 1. The second-order valence-electron chi connectivity index (χ2n) is 3.91. The summed E-state index contributed by atoms with van der Waals surface area (Å²) in [4.78, 5) is 1.20. The van der Waals surface area contributed by atoms with Crippen LogP contribution in [-0.4, -0.2) is 9.78 Å². The molecule has 0 aliphatic carbocycles. The molecule has 1 unspecified atom stereocenters. The van der Waals surface area contributed by atoms with Gasteiger partial charge < -0.3 is 0 Å². The molecule has 1 atom stereocenters. The summed E-state index contributed by atoms with van der Waals surface area (Å²) in [6.07, 6.45) is 0.729. The Bertz CT molecular complexity index is 492. The standard InChI is InChI=1S/C11H15ClN4S/c1-7-11(12)9(16(2)15-7)6-8(14-13)10-4-3-5-17-10/h3-5,8,14H,6,13H2,1-2H3. The van der Waals surface area contributed by atoms with E-state index >= 15 is 0 Å². The van der Waals surface area contributed by atoms with Crippen LogP contribution in [-0.2, 0) is 13.5 Å². The molecule has 0 bridgehead atoms. The van der Waals surface area contributed by atoms with Crippen LogP contribution in [0.4, 0.5) is 0 Å². The second-order valence-corrected chi connectivity index (χ2v) is 5.27. The van der Waals surface area contributed by atoms with Gasteiger partial charge in [0.25, 0.3) is 0 Å². The molecule has 17 heavy (non-hydrogen) atoms. The molecule has 2 aromatic rings. The van der Waals surface area contributed by atoms with Gasteiger partial charge in [-0.05, 0) is 18.4 Å². The van der Waals surface area contributed by atoms with Crippen LogP contribution in [0, 0.1) is 6.92 Å². The Morgan fingerprint density at radius 1 is 1.65 bits per heavy atom. The van der Waals surface area contributed by atoms with Crippen molar-refractivity contribution in [1.29, 1.82) is 0 Å². The highest BCUT2D eigenvalue weighted by Gasteiger charge is 2.18. The maximum Gasteiger partial charge on any atom is 0.0847 e. The number of halogens is 1. The quantitative estimate of drug-likeness (QED) is 0.661. The number of hydrogen-bond donors (Lipinski definition) is 2. The fourth-order valence-corrected chi connectivity index (χ4v) is 2.85. The lowest BCUT2D eigenvalue weighted by atomic mass is 10.1. The third kappa shape index (κ3) is 2.52. The average molecular weight is 271 g/mol. The monoisotopic (exact) mass is 270 g/mol. The van der Waals surface area contributed by atoms with Crippen molar-refractivity contribution in [2.24, 2.45) is 12.9 Å². The van der Waals surface area contributed by atoms with Crippen LogP contribution in [0.2, 0.25) is 5.02 Å². The van der Waals surface area contributed by atoms with E-state index in [1.54, 1.807) is 11.3 Å². The highest BCUT2D eigenvalue weighted by Crippen LogP contribution is 2.27. The van der Waals surface area contributed by atoms with Gasteiger partial charge in [-0.25, -0.2) is 0 Å². The van der Waals surface area contributed by atoms with E-state index in [1.165, 1.54) is 4.88 Å². The number of hydrogen-bond acceptors (Lipinski definition) is 4. The van der Waals surface area contributed by atoms with Gasteiger partial charge in [0.15, 0.2) is 0 Å². The summed E-state index contributed by atoms with van der Waals surface area (Å²) in [5.41, 5.74) is 4.68. The van der Waals surface area contributed by atoms with E-state index in [1.807, 2.05) is 30.1 Å². The average Bonchev–Trinajstić information content (AvgIpc) is 2.89. The fourth-order valence-electron chi connectivity index (χ4n) is 1.83. The van der Waals surface area contributed by atoms with Crippen molar-refractivity contribution in [1.82, 2.24) is 15.2 Å². The van der Waals surface area contributed by atoms with Crippen LogP contribution in [0.3, 0.4) is 0 Å². The molecule has 0 spiro atoms. The topological polar surface area (TPSA) is 55.9 Å². The minimum absolute atomic E-state index is 0.0716. The maximum atomic E-state index is 6.23. The summed E-state index contributed by atoms with van der Waals surface area (Å²) < 4.78 is 1.82. The van der Waals surface area contributed by atoms with Crippen LogP contribution >= 0.6 is 22.9 Å². The Hall–Kier alpha value is -0.880. The van der Waals surface area contributed by atoms with E-state index in [9.17, 15) is 0 Å². The Labute approximate surface area is 109 Å². The van der Waals surface area contributed by atoms with Crippen molar-refractivity contribution in [3.05, 3.63) is 38.8 Å².